The van der Waals surface area contributed by atoms with Gasteiger partial charge < -0.3 is 9.47 Å². The molecule has 0 heterocycles. The van der Waals surface area contributed by atoms with Crippen molar-refractivity contribution in [2.24, 2.45) is 0 Å². The molecular weight excluding hydrogens is 288 g/mol. The van der Waals surface area contributed by atoms with Crippen molar-refractivity contribution < 1.29 is 28.7 Å². The quantitative estimate of drug-likeness (QED) is 0.362. The predicted octanol–water partition coefficient (Wildman–Crippen LogP) is 1.49. The number of allylic oxidation sites excluding steroid dienone is 1. The zero-order valence-electron chi connectivity index (χ0n) is 12.2. The van der Waals surface area contributed by atoms with Gasteiger partial charge in [-0.1, -0.05) is 24.3 Å². The molecule has 0 N–H and O–H groups in total. The van der Waals surface area contributed by atoms with Crippen molar-refractivity contribution in [1.82, 2.24) is 0 Å². The molecule has 0 amide bonds. The SMILES string of the molecule is CCOC(=O)C(C(=O)OCC)=C1C(=O)c2ccccc2C1=O. The van der Waals surface area contributed by atoms with Crippen LogP contribution in [-0.4, -0.2) is 36.7 Å². The Morgan fingerprint density at radius 3 is 1.64 bits per heavy atom. The molecule has 0 fully saturated rings. The highest BCUT2D eigenvalue weighted by Crippen LogP contribution is 2.29. The second kappa shape index (κ2) is 6.34. The van der Waals surface area contributed by atoms with E-state index in [4.69, 9.17) is 9.47 Å². The Morgan fingerprint density at radius 2 is 1.27 bits per heavy atom. The number of esters is 2. The minimum absolute atomic E-state index is 0.00431. The Morgan fingerprint density at radius 1 is 0.864 bits per heavy atom. The van der Waals surface area contributed by atoms with Crippen LogP contribution in [-0.2, 0) is 19.1 Å². The molecule has 6 nitrogen and oxygen atoms in total. The lowest BCUT2D eigenvalue weighted by molar-refractivity contribution is -0.146. The predicted molar refractivity (Wildman–Crippen MR) is 75.4 cm³/mol. The van der Waals surface area contributed by atoms with Gasteiger partial charge in [0, 0.05) is 11.1 Å². The monoisotopic (exact) mass is 302 g/mol. The van der Waals surface area contributed by atoms with Gasteiger partial charge in [-0.05, 0) is 13.8 Å². The summed E-state index contributed by atoms with van der Waals surface area (Å²) in [5.74, 6) is -3.41. The summed E-state index contributed by atoms with van der Waals surface area (Å²) in [7, 11) is 0. The van der Waals surface area contributed by atoms with Crippen LogP contribution in [0.1, 0.15) is 34.6 Å². The smallest absolute Gasteiger partial charge is 0.346 e. The fourth-order valence-corrected chi connectivity index (χ4v) is 2.17. The zero-order chi connectivity index (χ0) is 16.3. The summed E-state index contributed by atoms with van der Waals surface area (Å²) < 4.78 is 9.55. The van der Waals surface area contributed by atoms with Crippen LogP contribution in [0, 0.1) is 0 Å². The van der Waals surface area contributed by atoms with Gasteiger partial charge in [0.05, 0.1) is 18.8 Å². The highest BCUT2D eigenvalue weighted by molar-refractivity contribution is 6.43. The first-order valence-electron chi connectivity index (χ1n) is 6.79. The molecule has 114 valence electrons. The molecule has 0 unspecified atom stereocenters. The molecule has 0 atom stereocenters. The van der Waals surface area contributed by atoms with Gasteiger partial charge in [-0.2, -0.15) is 0 Å². The van der Waals surface area contributed by atoms with E-state index in [0.717, 1.165) is 0 Å². The number of rotatable bonds is 4. The highest BCUT2D eigenvalue weighted by Gasteiger charge is 2.40. The van der Waals surface area contributed by atoms with Crippen LogP contribution < -0.4 is 0 Å². The van der Waals surface area contributed by atoms with E-state index >= 15 is 0 Å². The van der Waals surface area contributed by atoms with Crippen molar-refractivity contribution >= 4 is 23.5 Å². The average molecular weight is 302 g/mol. The number of ketones is 2. The normalized spacial score (nSPS) is 12.9. The zero-order valence-corrected chi connectivity index (χ0v) is 12.2. The van der Waals surface area contributed by atoms with Crippen LogP contribution in [0.3, 0.4) is 0 Å². The van der Waals surface area contributed by atoms with E-state index < -0.39 is 34.7 Å². The maximum absolute atomic E-state index is 12.4. The number of hydrogen-bond acceptors (Lipinski definition) is 6. The number of carbonyl (C=O) groups is 4. The first-order valence-corrected chi connectivity index (χ1v) is 6.79. The van der Waals surface area contributed by atoms with Crippen molar-refractivity contribution in [1.29, 1.82) is 0 Å². The van der Waals surface area contributed by atoms with Gasteiger partial charge in [0.25, 0.3) is 0 Å². The molecule has 6 heteroatoms. The Kier molecular flexibility index (Phi) is 4.50. The molecule has 0 bridgehead atoms. The summed E-state index contributed by atoms with van der Waals surface area (Å²) in [5, 5.41) is 0. The molecule has 2 rings (SSSR count). The van der Waals surface area contributed by atoms with Crippen molar-refractivity contribution in [2.45, 2.75) is 13.8 Å². The summed E-state index contributed by atoms with van der Waals surface area (Å²) >= 11 is 0. The Balaban J connectivity index is 2.61. The van der Waals surface area contributed by atoms with Crippen LogP contribution in [0.5, 0.6) is 0 Å². The topological polar surface area (TPSA) is 86.7 Å². The van der Waals surface area contributed by atoms with Gasteiger partial charge in [0.2, 0.25) is 0 Å². The molecule has 1 aliphatic rings. The molecular formula is C16H14O6. The summed E-state index contributed by atoms with van der Waals surface area (Å²) in [5.41, 5.74) is -0.810. The summed E-state index contributed by atoms with van der Waals surface area (Å²) in [6, 6.07) is 6.13. The van der Waals surface area contributed by atoms with E-state index in [1.165, 1.54) is 12.1 Å². The Hall–Kier alpha value is -2.76. The lowest BCUT2D eigenvalue weighted by atomic mass is 10.0. The second-order valence-corrected chi connectivity index (χ2v) is 4.39. The van der Waals surface area contributed by atoms with Gasteiger partial charge in [0.1, 0.15) is 0 Å². The van der Waals surface area contributed by atoms with Gasteiger partial charge in [-0.15, -0.1) is 0 Å². The molecule has 1 aliphatic carbocycles. The fraction of sp³-hybridized carbons (Fsp3) is 0.250. The number of fused-ring (bicyclic) bond motifs is 1. The first kappa shape index (κ1) is 15.6. The molecule has 0 saturated carbocycles. The van der Waals surface area contributed by atoms with Gasteiger partial charge in [-0.3, -0.25) is 9.59 Å². The van der Waals surface area contributed by atoms with Crippen molar-refractivity contribution in [3.05, 3.63) is 46.5 Å². The third kappa shape index (κ3) is 2.55. The molecule has 0 radical (unpaired) electrons. The van der Waals surface area contributed by atoms with E-state index in [-0.39, 0.29) is 24.3 Å². The van der Waals surface area contributed by atoms with E-state index in [1.807, 2.05) is 0 Å². The highest BCUT2D eigenvalue weighted by atomic mass is 16.6. The van der Waals surface area contributed by atoms with E-state index in [2.05, 4.69) is 0 Å². The maximum Gasteiger partial charge on any atom is 0.346 e. The maximum atomic E-state index is 12.4. The number of Topliss-reactive ketones (excluding diaryl/α,β-unsaturated/α-hetero) is 2. The Bertz CT molecular complexity index is 641. The molecule has 0 saturated heterocycles. The third-order valence-electron chi connectivity index (χ3n) is 3.08. The summed E-state index contributed by atoms with van der Waals surface area (Å²) in [6.45, 7) is 3.12. The van der Waals surface area contributed by atoms with E-state index in [0.29, 0.717) is 0 Å². The van der Waals surface area contributed by atoms with E-state index in [9.17, 15) is 19.2 Å². The van der Waals surface area contributed by atoms with Crippen LogP contribution >= 0.6 is 0 Å². The van der Waals surface area contributed by atoms with Crippen LogP contribution in [0.2, 0.25) is 0 Å². The molecule has 22 heavy (non-hydrogen) atoms. The van der Waals surface area contributed by atoms with Crippen molar-refractivity contribution in [2.75, 3.05) is 13.2 Å². The molecule has 0 spiro atoms. The largest absolute Gasteiger partial charge is 0.462 e. The molecule has 0 aromatic heterocycles. The average Bonchev–Trinajstić information content (AvgIpc) is 2.74. The fourth-order valence-electron chi connectivity index (χ4n) is 2.17. The summed E-state index contributed by atoms with van der Waals surface area (Å²) in [6.07, 6.45) is 0. The van der Waals surface area contributed by atoms with Crippen LogP contribution in [0.25, 0.3) is 0 Å². The molecule has 1 aromatic carbocycles. The molecule has 1 aromatic rings. The number of ether oxygens (including phenoxy) is 2. The van der Waals surface area contributed by atoms with Crippen LogP contribution in [0.4, 0.5) is 0 Å². The van der Waals surface area contributed by atoms with Crippen molar-refractivity contribution in [3.8, 4) is 0 Å². The Labute approximate surface area is 126 Å². The lowest BCUT2D eigenvalue weighted by Gasteiger charge is -2.08. The van der Waals surface area contributed by atoms with Crippen LogP contribution in [0.15, 0.2) is 35.4 Å². The third-order valence-corrected chi connectivity index (χ3v) is 3.08. The van der Waals surface area contributed by atoms with Crippen molar-refractivity contribution in [3.63, 3.8) is 0 Å². The van der Waals surface area contributed by atoms with Gasteiger partial charge in [-0.25, -0.2) is 9.59 Å². The minimum Gasteiger partial charge on any atom is -0.462 e. The van der Waals surface area contributed by atoms with E-state index in [1.54, 1.807) is 26.0 Å². The number of hydrogen-bond donors (Lipinski definition) is 0. The number of carbonyl (C=O) groups excluding carboxylic acids is 4. The minimum atomic E-state index is -1.04. The van der Waals surface area contributed by atoms with Gasteiger partial charge >= 0.3 is 11.9 Å². The standard InChI is InChI=1S/C16H14O6/c1-3-21-15(19)12(16(20)22-4-2)11-13(17)9-7-5-6-8-10(9)14(11)18/h5-8H,3-4H2,1-2H3. The lowest BCUT2D eigenvalue weighted by Crippen LogP contribution is -2.23. The van der Waals surface area contributed by atoms with Gasteiger partial charge in [0.15, 0.2) is 17.1 Å². The number of benzene rings is 1. The first-order chi connectivity index (χ1) is 10.5. The second-order valence-electron chi connectivity index (χ2n) is 4.39. The molecule has 0 aliphatic heterocycles. The summed E-state index contributed by atoms with van der Waals surface area (Å²) in [4.78, 5) is 48.8.